The normalized spacial score (nSPS) is 22.9. The summed E-state index contributed by atoms with van der Waals surface area (Å²) in [4.78, 5) is 14.7. The van der Waals surface area contributed by atoms with Crippen molar-refractivity contribution in [3.63, 3.8) is 0 Å². The topological polar surface area (TPSA) is 46.1 Å². The fraction of sp³-hybridized carbons (Fsp3) is 0.833. The van der Waals surface area contributed by atoms with Crippen LogP contribution < -0.4 is 0 Å². The van der Waals surface area contributed by atoms with Crippen molar-refractivity contribution in [3.05, 3.63) is 10.0 Å². The summed E-state index contributed by atoms with van der Waals surface area (Å²) in [6.45, 7) is 6.21. The maximum Gasteiger partial charge on any atom is 0.222 e. The van der Waals surface area contributed by atoms with E-state index < -0.39 is 0 Å². The number of amides is 1. The molecule has 1 aliphatic carbocycles. The molecule has 0 N–H and O–H groups in total. The molecule has 1 aromatic heterocycles. The molecule has 1 aromatic rings. The first-order valence-corrected chi connectivity index (χ1v) is 10.0. The van der Waals surface area contributed by atoms with Gasteiger partial charge in [-0.3, -0.25) is 4.79 Å². The Balaban J connectivity index is 1.56. The summed E-state index contributed by atoms with van der Waals surface area (Å²) in [5.41, 5.74) is 0. The Morgan fingerprint density at radius 3 is 2.74 bits per heavy atom. The standard InChI is InChI=1S/C18H29N3OS/c1-13(2)10-16-19-20-18(23-16)15-8-5-9-21(12-15)17(22)11-14-6-3-4-7-14/h13-15H,3-12H2,1-2H3. The van der Waals surface area contributed by atoms with Gasteiger partial charge in [0.1, 0.15) is 10.0 Å². The van der Waals surface area contributed by atoms with Crippen LogP contribution in [0.1, 0.15) is 74.7 Å². The Morgan fingerprint density at radius 2 is 2.00 bits per heavy atom. The zero-order valence-electron chi connectivity index (χ0n) is 14.5. The highest BCUT2D eigenvalue weighted by molar-refractivity contribution is 7.11. The van der Waals surface area contributed by atoms with E-state index in [1.807, 2.05) is 0 Å². The lowest BCUT2D eigenvalue weighted by atomic mass is 9.97. The van der Waals surface area contributed by atoms with E-state index in [0.717, 1.165) is 48.8 Å². The average Bonchev–Trinajstić information content (AvgIpc) is 3.18. The molecule has 2 heterocycles. The molecule has 1 saturated heterocycles. The Bertz CT molecular complexity index is 522. The first kappa shape index (κ1) is 16.9. The molecule has 1 atom stereocenters. The first-order valence-electron chi connectivity index (χ1n) is 9.22. The van der Waals surface area contributed by atoms with Crippen LogP contribution in [0.2, 0.25) is 0 Å². The number of piperidine rings is 1. The van der Waals surface area contributed by atoms with E-state index in [1.165, 1.54) is 25.7 Å². The second-order valence-corrected chi connectivity index (χ2v) is 8.76. The Hall–Kier alpha value is -0.970. The van der Waals surface area contributed by atoms with Crippen molar-refractivity contribution in [3.8, 4) is 0 Å². The molecule has 4 nitrogen and oxygen atoms in total. The van der Waals surface area contributed by atoms with Crippen LogP contribution in [0, 0.1) is 11.8 Å². The highest BCUT2D eigenvalue weighted by Gasteiger charge is 2.29. The molecule has 1 aliphatic heterocycles. The van der Waals surface area contributed by atoms with Gasteiger partial charge in [0.15, 0.2) is 0 Å². The summed E-state index contributed by atoms with van der Waals surface area (Å²) in [6, 6.07) is 0. The minimum absolute atomic E-state index is 0.369. The molecule has 1 unspecified atom stereocenters. The molecule has 3 rings (SSSR count). The molecule has 0 bridgehead atoms. The van der Waals surface area contributed by atoms with Gasteiger partial charge < -0.3 is 4.90 Å². The molecule has 23 heavy (non-hydrogen) atoms. The molecular formula is C18H29N3OS. The van der Waals surface area contributed by atoms with Crippen LogP contribution in [0.5, 0.6) is 0 Å². The van der Waals surface area contributed by atoms with Crippen molar-refractivity contribution in [1.82, 2.24) is 15.1 Å². The number of carbonyl (C=O) groups excluding carboxylic acids is 1. The van der Waals surface area contributed by atoms with Crippen LogP contribution in [-0.4, -0.2) is 34.1 Å². The molecule has 1 saturated carbocycles. The van der Waals surface area contributed by atoms with Crippen LogP contribution in [0.3, 0.4) is 0 Å². The van der Waals surface area contributed by atoms with E-state index in [-0.39, 0.29) is 0 Å². The predicted octanol–water partition coefficient (Wildman–Crippen LogP) is 4.02. The lowest BCUT2D eigenvalue weighted by Crippen LogP contribution is -2.39. The van der Waals surface area contributed by atoms with Gasteiger partial charge in [-0.2, -0.15) is 0 Å². The number of hydrogen-bond acceptors (Lipinski definition) is 4. The fourth-order valence-corrected chi connectivity index (χ4v) is 5.04. The molecule has 2 aliphatic rings. The summed E-state index contributed by atoms with van der Waals surface area (Å²) >= 11 is 1.75. The molecule has 0 spiro atoms. The maximum atomic E-state index is 12.6. The highest BCUT2D eigenvalue weighted by atomic mass is 32.1. The van der Waals surface area contributed by atoms with E-state index in [4.69, 9.17) is 0 Å². The molecule has 1 amide bonds. The number of hydrogen-bond donors (Lipinski definition) is 0. The summed E-state index contributed by atoms with van der Waals surface area (Å²) in [5, 5.41) is 11.1. The third kappa shape index (κ3) is 4.52. The van der Waals surface area contributed by atoms with Gasteiger partial charge in [-0.05, 0) is 37.5 Å². The fourth-order valence-electron chi connectivity index (χ4n) is 3.86. The Kier molecular flexibility index (Phi) is 5.67. The quantitative estimate of drug-likeness (QED) is 0.816. The van der Waals surface area contributed by atoms with E-state index in [9.17, 15) is 4.79 Å². The Morgan fingerprint density at radius 1 is 1.22 bits per heavy atom. The van der Waals surface area contributed by atoms with Crippen LogP contribution in [0.25, 0.3) is 0 Å². The lowest BCUT2D eigenvalue weighted by molar-refractivity contribution is -0.133. The minimum Gasteiger partial charge on any atom is -0.342 e. The van der Waals surface area contributed by atoms with Crippen molar-refractivity contribution in [2.45, 2.75) is 71.1 Å². The van der Waals surface area contributed by atoms with Crippen molar-refractivity contribution in [2.24, 2.45) is 11.8 Å². The monoisotopic (exact) mass is 335 g/mol. The Labute approximate surface area is 143 Å². The highest BCUT2D eigenvalue weighted by Crippen LogP contribution is 2.32. The van der Waals surface area contributed by atoms with Gasteiger partial charge in [-0.25, -0.2) is 0 Å². The van der Waals surface area contributed by atoms with Crippen molar-refractivity contribution in [2.75, 3.05) is 13.1 Å². The molecule has 0 aromatic carbocycles. The summed E-state index contributed by atoms with van der Waals surface area (Å²) < 4.78 is 0. The first-order chi connectivity index (χ1) is 11.1. The second-order valence-electron chi connectivity index (χ2n) is 7.67. The van der Waals surface area contributed by atoms with Crippen LogP contribution >= 0.6 is 11.3 Å². The maximum absolute atomic E-state index is 12.6. The molecule has 2 fully saturated rings. The summed E-state index contributed by atoms with van der Waals surface area (Å²) in [6.07, 6.45) is 9.13. The molecule has 0 radical (unpaired) electrons. The molecular weight excluding hydrogens is 306 g/mol. The summed E-state index contributed by atoms with van der Waals surface area (Å²) in [7, 11) is 0. The van der Waals surface area contributed by atoms with Gasteiger partial charge in [0.2, 0.25) is 5.91 Å². The smallest absolute Gasteiger partial charge is 0.222 e. The van der Waals surface area contributed by atoms with Crippen LogP contribution in [0.4, 0.5) is 0 Å². The molecule has 128 valence electrons. The van der Waals surface area contributed by atoms with Crippen molar-refractivity contribution >= 4 is 17.2 Å². The SMILES string of the molecule is CC(C)Cc1nnc(C2CCCN(C(=O)CC3CCCC3)C2)s1. The average molecular weight is 336 g/mol. The molecule has 5 heteroatoms. The largest absolute Gasteiger partial charge is 0.342 e. The van der Waals surface area contributed by atoms with E-state index in [2.05, 4.69) is 28.9 Å². The van der Waals surface area contributed by atoms with Gasteiger partial charge in [-0.15, -0.1) is 21.5 Å². The number of rotatable bonds is 5. The number of nitrogens with zero attached hydrogens (tertiary/aromatic N) is 3. The van der Waals surface area contributed by atoms with Crippen LogP contribution in [-0.2, 0) is 11.2 Å². The lowest BCUT2D eigenvalue weighted by Gasteiger charge is -2.32. The van der Waals surface area contributed by atoms with Gasteiger partial charge in [-0.1, -0.05) is 26.7 Å². The second kappa shape index (κ2) is 7.73. The zero-order chi connectivity index (χ0) is 16.2. The number of likely N-dealkylation sites (tertiary alicyclic amines) is 1. The summed E-state index contributed by atoms with van der Waals surface area (Å²) in [5.74, 6) is 2.02. The number of carbonyl (C=O) groups is 1. The van der Waals surface area contributed by atoms with E-state index in [1.54, 1.807) is 11.3 Å². The van der Waals surface area contributed by atoms with Crippen molar-refractivity contribution in [1.29, 1.82) is 0 Å². The predicted molar refractivity (Wildman–Crippen MR) is 93.6 cm³/mol. The van der Waals surface area contributed by atoms with Gasteiger partial charge in [0.25, 0.3) is 0 Å². The third-order valence-corrected chi connectivity index (χ3v) is 6.23. The van der Waals surface area contributed by atoms with Crippen LogP contribution in [0.15, 0.2) is 0 Å². The van der Waals surface area contributed by atoms with Gasteiger partial charge >= 0.3 is 0 Å². The van der Waals surface area contributed by atoms with E-state index in [0.29, 0.717) is 23.7 Å². The van der Waals surface area contributed by atoms with E-state index >= 15 is 0 Å². The van der Waals surface area contributed by atoms with Crippen molar-refractivity contribution < 1.29 is 4.79 Å². The third-order valence-electron chi connectivity index (χ3n) is 5.13. The zero-order valence-corrected chi connectivity index (χ0v) is 15.3. The van der Waals surface area contributed by atoms with Gasteiger partial charge in [0.05, 0.1) is 0 Å². The minimum atomic E-state index is 0.369. The van der Waals surface area contributed by atoms with Gasteiger partial charge in [0, 0.05) is 31.8 Å². The number of aromatic nitrogens is 2.